The molecular weight excluding hydrogens is 566 g/mol. The Bertz CT molecular complexity index is 1490. The topological polar surface area (TPSA) is 105 Å². The zero-order valence-electron chi connectivity index (χ0n) is 25.3. The highest BCUT2D eigenvalue weighted by Gasteiger charge is 2.35. The molecule has 2 amide bonds. The van der Waals surface area contributed by atoms with E-state index in [4.69, 9.17) is 9.47 Å². The lowest BCUT2D eigenvalue weighted by molar-refractivity contribution is -0.140. The van der Waals surface area contributed by atoms with Crippen LogP contribution >= 0.6 is 0 Å². The Kier molecular flexibility index (Phi) is 10.7. The number of carbonyl (C=O) groups excluding carboxylic acids is 2. The number of ether oxygens (including phenoxy) is 2. The minimum atomic E-state index is -4.20. The van der Waals surface area contributed by atoms with Crippen LogP contribution in [0.15, 0.2) is 77.7 Å². The molecule has 1 aliphatic carbocycles. The molecule has 1 atom stereocenters. The summed E-state index contributed by atoms with van der Waals surface area (Å²) in [5, 5.41) is 3.13. The molecule has 0 radical (unpaired) electrons. The summed E-state index contributed by atoms with van der Waals surface area (Å²) in [7, 11) is -1.25. The highest BCUT2D eigenvalue weighted by Crippen LogP contribution is 2.34. The third-order valence-corrected chi connectivity index (χ3v) is 9.61. The Morgan fingerprint density at radius 3 is 2.19 bits per heavy atom. The van der Waals surface area contributed by atoms with Crippen LogP contribution in [0.3, 0.4) is 0 Å². The predicted octanol–water partition coefficient (Wildman–Crippen LogP) is 5.07. The number of sulfonamides is 1. The van der Waals surface area contributed by atoms with Crippen LogP contribution in [-0.4, -0.2) is 58.0 Å². The maximum Gasteiger partial charge on any atom is 0.264 e. The van der Waals surface area contributed by atoms with Crippen molar-refractivity contribution in [3.05, 3.63) is 83.9 Å². The molecule has 230 valence electrons. The van der Waals surface area contributed by atoms with Gasteiger partial charge in [-0.15, -0.1) is 0 Å². The van der Waals surface area contributed by atoms with Gasteiger partial charge in [0.1, 0.15) is 12.6 Å². The van der Waals surface area contributed by atoms with Crippen LogP contribution in [0.2, 0.25) is 0 Å². The fourth-order valence-electron chi connectivity index (χ4n) is 5.41. The van der Waals surface area contributed by atoms with Crippen LogP contribution in [0.1, 0.15) is 50.2 Å². The van der Waals surface area contributed by atoms with Crippen molar-refractivity contribution < 1.29 is 27.5 Å². The van der Waals surface area contributed by atoms with Gasteiger partial charge in [0, 0.05) is 18.7 Å². The minimum Gasteiger partial charge on any atom is -0.493 e. The molecule has 43 heavy (non-hydrogen) atoms. The van der Waals surface area contributed by atoms with Gasteiger partial charge in [-0.1, -0.05) is 67.8 Å². The number of carbonyl (C=O) groups is 2. The number of anilines is 1. The van der Waals surface area contributed by atoms with E-state index < -0.39 is 28.5 Å². The number of nitrogens with zero attached hydrogens (tertiary/aromatic N) is 2. The summed E-state index contributed by atoms with van der Waals surface area (Å²) in [5.74, 6) is 0.0196. The molecule has 1 N–H and O–H groups in total. The van der Waals surface area contributed by atoms with E-state index in [1.807, 2.05) is 44.2 Å². The van der Waals surface area contributed by atoms with Gasteiger partial charge >= 0.3 is 0 Å². The van der Waals surface area contributed by atoms with E-state index in [0.29, 0.717) is 17.9 Å². The first-order valence-electron chi connectivity index (χ1n) is 14.6. The zero-order valence-corrected chi connectivity index (χ0v) is 26.1. The first kappa shape index (κ1) is 31.9. The molecule has 0 spiro atoms. The van der Waals surface area contributed by atoms with Crippen LogP contribution in [0.25, 0.3) is 0 Å². The Labute approximate surface area is 254 Å². The van der Waals surface area contributed by atoms with Gasteiger partial charge in [-0.3, -0.25) is 13.9 Å². The van der Waals surface area contributed by atoms with Crippen molar-refractivity contribution in [2.24, 2.45) is 0 Å². The average Bonchev–Trinajstić information content (AvgIpc) is 3.53. The summed E-state index contributed by atoms with van der Waals surface area (Å²) in [5.41, 5.74) is 1.97. The quantitative estimate of drug-likeness (QED) is 0.291. The maximum absolute atomic E-state index is 14.3. The van der Waals surface area contributed by atoms with E-state index in [1.165, 1.54) is 37.3 Å². The smallest absolute Gasteiger partial charge is 0.264 e. The molecule has 10 heteroatoms. The van der Waals surface area contributed by atoms with Gasteiger partial charge in [-0.25, -0.2) is 8.42 Å². The van der Waals surface area contributed by atoms with Gasteiger partial charge in [-0.05, 0) is 56.0 Å². The largest absolute Gasteiger partial charge is 0.493 e. The van der Waals surface area contributed by atoms with E-state index in [2.05, 4.69) is 5.32 Å². The van der Waals surface area contributed by atoms with Crippen LogP contribution in [0.5, 0.6) is 11.5 Å². The van der Waals surface area contributed by atoms with E-state index in [0.717, 1.165) is 41.1 Å². The summed E-state index contributed by atoms with van der Waals surface area (Å²) >= 11 is 0. The lowest BCUT2D eigenvalue weighted by Gasteiger charge is -2.34. The molecule has 0 bridgehead atoms. The molecule has 0 heterocycles. The van der Waals surface area contributed by atoms with Crippen molar-refractivity contribution in [2.45, 2.75) is 69.5 Å². The number of aryl methyl sites for hydroxylation is 1. The lowest BCUT2D eigenvalue weighted by Crippen LogP contribution is -2.53. The first-order valence-corrected chi connectivity index (χ1v) is 16.1. The normalized spacial score (nSPS) is 14.1. The molecular formula is C33H41N3O6S. The van der Waals surface area contributed by atoms with E-state index in [-0.39, 0.29) is 29.1 Å². The molecule has 0 aliphatic heterocycles. The average molecular weight is 608 g/mol. The molecule has 1 unspecified atom stereocenters. The summed E-state index contributed by atoms with van der Waals surface area (Å²) < 4.78 is 40.1. The molecule has 9 nitrogen and oxygen atoms in total. The lowest BCUT2D eigenvalue weighted by atomic mass is 10.1. The van der Waals surface area contributed by atoms with E-state index in [1.54, 1.807) is 24.3 Å². The Hall–Kier alpha value is -4.05. The second kappa shape index (κ2) is 14.4. The van der Waals surface area contributed by atoms with Gasteiger partial charge in [0.05, 0.1) is 24.8 Å². The Balaban J connectivity index is 1.74. The van der Waals surface area contributed by atoms with Gasteiger partial charge < -0.3 is 19.7 Å². The Morgan fingerprint density at radius 1 is 0.930 bits per heavy atom. The van der Waals surface area contributed by atoms with Crippen LogP contribution in [0.4, 0.5) is 5.69 Å². The molecule has 1 fully saturated rings. The third-order valence-electron chi connectivity index (χ3n) is 7.83. The van der Waals surface area contributed by atoms with Crippen LogP contribution in [-0.2, 0) is 26.2 Å². The number of nitrogens with one attached hydrogen (secondary N) is 1. The van der Waals surface area contributed by atoms with Gasteiger partial charge in [-0.2, -0.15) is 0 Å². The van der Waals surface area contributed by atoms with E-state index >= 15 is 0 Å². The molecule has 0 aromatic heterocycles. The minimum absolute atomic E-state index is 0.0429. The SMILES string of the molecule is CCC(C(=O)NC1CCCC1)N(Cc1ccccc1)C(=O)CN(c1ccc(OC)c(OC)c1)S(=O)(=O)c1ccc(C)cc1. The predicted molar refractivity (Wildman–Crippen MR) is 167 cm³/mol. The molecule has 3 aromatic rings. The monoisotopic (exact) mass is 607 g/mol. The number of rotatable bonds is 13. The molecule has 1 saturated carbocycles. The molecule has 4 rings (SSSR count). The number of methoxy groups -OCH3 is 2. The third kappa shape index (κ3) is 7.67. The second-order valence-corrected chi connectivity index (χ2v) is 12.6. The first-order chi connectivity index (χ1) is 20.7. The van der Waals surface area contributed by atoms with Crippen molar-refractivity contribution in [3.63, 3.8) is 0 Å². The van der Waals surface area contributed by atoms with Crippen LogP contribution in [0, 0.1) is 6.92 Å². The van der Waals surface area contributed by atoms with Gasteiger partial charge in [0.2, 0.25) is 11.8 Å². The second-order valence-electron chi connectivity index (χ2n) is 10.8. The number of hydrogen-bond donors (Lipinski definition) is 1. The number of benzene rings is 3. The highest BCUT2D eigenvalue weighted by atomic mass is 32.2. The fourth-order valence-corrected chi connectivity index (χ4v) is 6.82. The fraction of sp³-hybridized carbons (Fsp3) is 0.394. The van der Waals surface area contributed by atoms with Crippen molar-refractivity contribution >= 4 is 27.5 Å². The van der Waals surface area contributed by atoms with Crippen molar-refractivity contribution in [2.75, 3.05) is 25.1 Å². The highest BCUT2D eigenvalue weighted by molar-refractivity contribution is 7.92. The molecule has 0 saturated heterocycles. The summed E-state index contributed by atoms with van der Waals surface area (Å²) in [6.45, 7) is 3.36. The van der Waals surface area contributed by atoms with Crippen molar-refractivity contribution in [3.8, 4) is 11.5 Å². The van der Waals surface area contributed by atoms with Gasteiger partial charge in [0.15, 0.2) is 11.5 Å². The summed E-state index contributed by atoms with van der Waals surface area (Å²) in [6.07, 6.45) is 4.32. The van der Waals surface area contributed by atoms with Crippen molar-refractivity contribution in [1.29, 1.82) is 0 Å². The summed E-state index contributed by atoms with van der Waals surface area (Å²) in [4.78, 5) is 29.4. The zero-order chi connectivity index (χ0) is 31.0. The number of amides is 2. The Morgan fingerprint density at radius 2 is 1.58 bits per heavy atom. The van der Waals surface area contributed by atoms with Crippen molar-refractivity contribution in [1.82, 2.24) is 10.2 Å². The van der Waals surface area contributed by atoms with Crippen LogP contribution < -0.4 is 19.1 Å². The van der Waals surface area contributed by atoms with Gasteiger partial charge in [0.25, 0.3) is 10.0 Å². The standard InChI is InChI=1S/C33H41N3O6S/c1-5-29(33(38)34-26-13-9-10-14-26)35(22-25-11-7-6-8-12-25)32(37)23-36(27-17-20-30(41-3)31(21-27)42-4)43(39,40)28-18-15-24(2)16-19-28/h6-8,11-12,15-21,26,29H,5,9-10,13-14,22-23H2,1-4H3,(H,34,38). The molecule has 3 aromatic carbocycles. The van der Waals surface area contributed by atoms with E-state index in [9.17, 15) is 18.0 Å². The maximum atomic E-state index is 14.3. The molecule has 1 aliphatic rings. The summed E-state index contributed by atoms with van der Waals surface area (Å²) in [6, 6.07) is 19.9. The number of hydrogen-bond acceptors (Lipinski definition) is 6.